The van der Waals surface area contributed by atoms with Crippen LogP contribution in [0.5, 0.6) is 0 Å². The molecular weight excluding hydrogens is 1690 g/mol. The molecule has 127 heavy (non-hydrogen) atoms. The summed E-state index contributed by atoms with van der Waals surface area (Å²) in [5, 5.41) is 31.2. The number of anilines is 10. The van der Waals surface area contributed by atoms with Crippen molar-refractivity contribution >= 4 is 168 Å². The monoisotopic (exact) mass is 1780 g/mol. The quantitative estimate of drug-likeness (QED) is 0.0161. The van der Waals surface area contributed by atoms with Gasteiger partial charge in [-0.3, -0.25) is 53.0 Å². The number of nitro benzene ring substituents is 2. The van der Waals surface area contributed by atoms with Crippen LogP contribution in [-0.2, 0) is 40.9 Å². The Labute approximate surface area is 741 Å². The summed E-state index contributed by atoms with van der Waals surface area (Å²) in [5.41, 5.74) is 34.0. The van der Waals surface area contributed by atoms with E-state index in [9.17, 15) is 46.7 Å². The van der Waals surface area contributed by atoms with Crippen molar-refractivity contribution in [3.8, 4) is 17.1 Å². The Balaban J connectivity index is 0.000000140. The molecule has 17 rings (SSSR count). The molecule has 17 aromatic rings. The lowest BCUT2D eigenvalue weighted by Crippen LogP contribution is -2.15. The van der Waals surface area contributed by atoms with Gasteiger partial charge in [-0.2, -0.15) is 0 Å². The Morgan fingerprint density at radius 2 is 0.819 bits per heavy atom. The number of amides is 1. The van der Waals surface area contributed by atoms with E-state index in [-0.39, 0.29) is 51.9 Å². The number of nitro groups is 2. The number of hydrogen-bond donors (Lipinski definition) is 8. The fourth-order valence-electron chi connectivity index (χ4n) is 13.6. The highest BCUT2D eigenvalue weighted by molar-refractivity contribution is 7.93. The number of nitrogens with one attached hydrogen (secondary N) is 5. The van der Waals surface area contributed by atoms with Crippen molar-refractivity contribution in [1.29, 1.82) is 0 Å². The van der Waals surface area contributed by atoms with Crippen LogP contribution in [0.2, 0.25) is 10.0 Å². The molecular formula is C94H88Cl2N18O11S2. The number of nitrogens with zero attached hydrogens (tertiary/aromatic N) is 10. The van der Waals surface area contributed by atoms with Gasteiger partial charge in [0.1, 0.15) is 35.5 Å². The minimum atomic E-state index is -3.83. The van der Waals surface area contributed by atoms with E-state index in [1.54, 1.807) is 117 Å². The molecule has 0 aliphatic heterocycles. The van der Waals surface area contributed by atoms with E-state index < -0.39 is 29.9 Å². The number of benzene rings is 13. The summed E-state index contributed by atoms with van der Waals surface area (Å²) in [4.78, 5) is 61.6. The molecule has 0 saturated heterocycles. The number of carbonyl (C=O) groups is 2. The Morgan fingerprint density at radius 1 is 0.417 bits per heavy atom. The first kappa shape index (κ1) is 90.8. The molecule has 0 radical (unpaired) electrons. The van der Waals surface area contributed by atoms with Crippen LogP contribution in [0, 0.1) is 61.8 Å². The van der Waals surface area contributed by atoms with E-state index in [4.69, 9.17) is 45.1 Å². The molecule has 33 heteroatoms. The summed E-state index contributed by atoms with van der Waals surface area (Å²) in [6, 6.07) is 89.3. The molecule has 0 aliphatic carbocycles. The van der Waals surface area contributed by atoms with Gasteiger partial charge < -0.3 is 42.5 Å². The van der Waals surface area contributed by atoms with Gasteiger partial charge >= 0.3 is 5.97 Å². The zero-order valence-electron chi connectivity index (χ0n) is 70.0. The summed E-state index contributed by atoms with van der Waals surface area (Å²) >= 11 is 12.1. The number of nitrogens with two attached hydrogens (primary N) is 3. The number of ether oxygens (including phenoxy) is 1. The van der Waals surface area contributed by atoms with Crippen LogP contribution in [0.1, 0.15) is 48.3 Å². The molecule has 1 amide bonds. The number of halogens is 2. The van der Waals surface area contributed by atoms with Gasteiger partial charge in [0.25, 0.3) is 31.4 Å². The smallest absolute Gasteiger partial charge is 0.326 e. The number of non-ortho nitro benzene ring substituents is 1. The largest absolute Gasteiger partial charge is 0.465 e. The second-order valence-corrected chi connectivity index (χ2v) is 32.7. The third-order valence-electron chi connectivity index (χ3n) is 19.5. The van der Waals surface area contributed by atoms with Crippen LogP contribution >= 0.6 is 23.2 Å². The van der Waals surface area contributed by atoms with Crippen molar-refractivity contribution < 1.29 is 41.0 Å². The number of carbonyl (C=O) groups excluding carboxylic acids is 2. The number of aromatic nitrogens is 8. The fourth-order valence-corrected chi connectivity index (χ4v) is 16.7. The third-order valence-corrected chi connectivity index (χ3v) is 23.3. The van der Waals surface area contributed by atoms with Crippen molar-refractivity contribution in [2.45, 2.75) is 71.7 Å². The van der Waals surface area contributed by atoms with Crippen LogP contribution in [0.3, 0.4) is 0 Å². The van der Waals surface area contributed by atoms with E-state index in [0.717, 1.165) is 90.9 Å². The average molecular weight is 1780 g/mol. The SMILES string of the molecule is CC(=O)Nc1ccc2c(c1)nc(C)n2-c1ccccc1.CCOC(=O)Cn1c(C)nc2ccc(NS(=O)(=O)c3cccc(Cl)c3C)cc21.Cc1c(Cl)cccc1S(=O)(=O)Nc1ccc2c(c1)nc(C)n2-c1ccccc1.Cc1nc2cc(N)ccc2n1-c1ccccc1.Nc1ccc(Nc2ccccc2)c(N)c1.O=[N+]([O-])c1ccc(Nc2ccccc2)c([N+](=O)[O-])c1. The highest BCUT2D eigenvalue weighted by Gasteiger charge is 2.24. The molecule has 0 aliphatic rings. The van der Waals surface area contributed by atoms with Crippen LogP contribution in [-0.4, -0.2) is 83.4 Å². The number of fused-ring (bicyclic) bond motifs is 4. The number of hydrogen-bond acceptors (Lipinski definition) is 20. The van der Waals surface area contributed by atoms with Crippen molar-refractivity contribution in [2.24, 2.45) is 0 Å². The maximum atomic E-state index is 12.8. The number of aryl methyl sites for hydroxylation is 4. The van der Waals surface area contributed by atoms with Crippen molar-refractivity contribution in [1.82, 2.24) is 38.2 Å². The first-order valence-corrected chi connectivity index (χ1v) is 43.1. The lowest BCUT2D eigenvalue weighted by molar-refractivity contribution is -0.393. The summed E-state index contributed by atoms with van der Waals surface area (Å²) in [7, 11) is -7.59. The molecule has 29 nitrogen and oxygen atoms in total. The summed E-state index contributed by atoms with van der Waals surface area (Å²) in [6.07, 6.45) is 0. The first-order valence-electron chi connectivity index (χ1n) is 39.4. The maximum Gasteiger partial charge on any atom is 0.326 e. The van der Waals surface area contributed by atoms with Crippen molar-refractivity contribution in [3.63, 3.8) is 0 Å². The normalized spacial score (nSPS) is 10.9. The zero-order valence-corrected chi connectivity index (χ0v) is 73.1. The van der Waals surface area contributed by atoms with Gasteiger partial charge in [0.2, 0.25) is 5.91 Å². The van der Waals surface area contributed by atoms with Gasteiger partial charge in [0.15, 0.2) is 0 Å². The molecule has 0 fully saturated rings. The van der Waals surface area contributed by atoms with Crippen LogP contribution < -0.4 is 42.6 Å². The Morgan fingerprint density at radius 3 is 1.28 bits per heavy atom. The number of sulfonamides is 2. The molecule has 4 heterocycles. The van der Waals surface area contributed by atoms with Gasteiger partial charge in [-0.05, 0) is 242 Å². The van der Waals surface area contributed by atoms with Gasteiger partial charge in [-0.15, -0.1) is 0 Å². The van der Waals surface area contributed by atoms with Crippen LogP contribution in [0.4, 0.5) is 68.2 Å². The van der Waals surface area contributed by atoms with Crippen LogP contribution in [0.15, 0.2) is 307 Å². The van der Waals surface area contributed by atoms with Crippen LogP contribution in [0.25, 0.3) is 61.2 Å². The number of esters is 1. The van der Waals surface area contributed by atoms with Gasteiger partial charge in [-0.1, -0.05) is 126 Å². The van der Waals surface area contributed by atoms with Crippen molar-refractivity contribution in [3.05, 3.63) is 362 Å². The molecule has 646 valence electrons. The average Bonchev–Trinajstić information content (AvgIpc) is 1.68. The maximum absolute atomic E-state index is 12.8. The molecule has 0 saturated carbocycles. The van der Waals surface area contributed by atoms with E-state index in [0.29, 0.717) is 72.0 Å². The predicted octanol–water partition coefficient (Wildman–Crippen LogP) is 20.8. The second kappa shape index (κ2) is 40.7. The standard InChI is InChI=1S/C21H18ClN3O2S.C19H20ClN3O4S.C16H15N3O.C14H13N3.C12H9N3O4.C12H13N3/c1-14-18(22)9-6-10-21(14)28(26,27)24-16-11-12-20-19(13-16)23-15(2)25(20)17-7-4-3-5-8-17;1-4-27-19(24)11-23-13(3)21-16-9-8-14(10-17(16)23)22-28(25,26)18-7-5-6-15(20)12(18)2;1-11-17-15-10-13(18-12(2)20)8-9-16(15)19(11)14-6-4-3-5-7-14;1-10-16-13-9-11(15)7-8-14(13)17(10)12-5-3-2-4-6-12;16-14(17)10-6-7-11(12(8-10)15(18)19)13-9-4-2-1-3-5-9;13-9-6-7-12(11(14)8-9)15-10-4-2-1-3-5-10/h3-13,24H,1-2H3;5-10,22H,4,11H2,1-3H3;3-10H,1-2H3,(H,18,20);2-9H,15H2,1H3;1-8,13H;1-8,15H,13-14H2. The zero-order chi connectivity index (χ0) is 90.8. The fraction of sp³-hybridized carbons (Fsp3) is 0.106. The summed E-state index contributed by atoms with van der Waals surface area (Å²) in [6.45, 7) is 14.5. The number of imidazole rings is 4. The number of nitrogen functional groups attached to an aromatic ring is 3. The van der Waals surface area contributed by atoms with Crippen molar-refractivity contribution in [2.75, 3.05) is 49.2 Å². The highest BCUT2D eigenvalue weighted by atomic mass is 35.5. The first-order chi connectivity index (χ1) is 60.8. The lowest BCUT2D eigenvalue weighted by atomic mass is 10.2. The molecule has 0 bridgehead atoms. The summed E-state index contributed by atoms with van der Waals surface area (Å²) < 4.78 is 69.4. The molecule has 4 aromatic heterocycles. The Hall–Kier alpha value is -15.4. The van der Waals surface area contributed by atoms with Gasteiger partial charge in [0, 0.05) is 68.5 Å². The molecule has 0 spiro atoms. The van der Waals surface area contributed by atoms with E-state index in [1.807, 2.05) is 183 Å². The number of para-hydroxylation sites is 5. The minimum absolute atomic E-state index is 0.000220. The lowest BCUT2D eigenvalue weighted by Gasteiger charge is -2.12. The summed E-state index contributed by atoms with van der Waals surface area (Å²) in [5.74, 6) is 2.89. The van der Waals surface area contributed by atoms with Gasteiger partial charge in [-0.25, -0.2) is 36.8 Å². The molecule has 0 unspecified atom stereocenters. The Bertz CT molecular complexity index is 7110. The molecule has 0 atom stereocenters. The van der Waals surface area contributed by atoms with E-state index in [2.05, 4.69) is 78.7 Å². The molecule has 13 aromatic carbocycles. The topological polar surface area (TPSA) is 407 Å². The van der Waals surface area contributed by atoms with E-state index >= 15 is 0 Å². The van der Waals surface area contributed by atoms with Gasteiger partial charge in [0.05, 0.1) is 99.2 Å². The second-order valence-electron chi connectivity index (χ2n) is 28.6. The minimum Gasteiger partial charge on any atom is -0.465 e. The molecule has 11 N–H and O–H groups in total. The predicted molar refractivity (Wildman–Crippen MR) is 506 cm³/mol. The highest BCUT2D eigenvalue weighted by Crippen LogP contribution is 2.35. The third kappa shape index (κ3) is 22.7. The number of rotatable bonds is 19. The Kier molecular flexibility index (Phi) is 29.1. The van der Waals surface area contributed by atoms with E-state index in [1.165, 1.54) is 31.2 Å².